The lowest BCUT2D eigenvalue weighted by Crippen LogP contribution is -2.44. The van der Waals surface area contributed by atoms with Gasteiger partial charge in [-0.25, -0.2) is 15.2 Å². The lowest BCUT2D eigenvalue weighted by Gasteiger charge is -2.11. The van der Waals surface area contributed by atoms with Crippen LogP contribution in [0, 0.1) is 5.82 Å². The van der Waals surface area contributed by atoms with E-state index in [0.717, 1.165) is 25.1 Å². The molecule has 0 spiro atoms. The molecule has 1 aliphatic rings. The van der Waals surface area contributed by atoms with Crippen molar-refractivity contribution >= 4 is 18.3 Å². The van der Waals surface area contributed by atoms with Crippen LogP contribution in [0.25, 0.3) is 0 Å². The van der Waals surface area contributed by atoms with Gasteiger partial charge < -0.3 is 10.6 Å². The maximum atomic E-state index is 12.9. The Balaban J connectivity index is 0.00000242. The second kappa shape index (κ2) is 9.74. The molecular formula is C15H24ClFN4O. The molecule has 5 nitrogen and oxygen atoms in total. The number of halogens is 2. The van der Waals surface area contributed by atoms with E-state index in [1.807, 2.05) is 0 Å². The standard InChI is InChI=1S/C15H23FN4O.ClH/c1-2-7-17-8-9-18-15(21)14-10-13(19-20-14)11-3-5-12(16)6-4-11;/h3-6,13-14,17,19-20H,2,7-10H2,1H3,(H,18,21);1H. The zero-order chi connectivity index (χ0) is 15.1. The summed E-state index contributed by atoms with van der Waals surface area (Å²) in [5.41, 5.74) is 7.06. The minimum Gasteiger partial charge on any atom is -0.353 e. The molecule has 4 N–H and O–H groups in total. The molecule has 1 aliphatic heterocycles. The van der Waals surface area contributed by atoms with Gasteiger partial charge in [0.2, 0.25) is 5.91 Å². The molecule has 0 bridgehead atoms. The lowest BCUT2D eigenvalue weighted by atomic mass is 10.0. The number of hydrogen-bond acceptors (Lipinski definition) is 4. The Morgan fingerprint density at radius 1 is 1.23 bits per heavy atom. The zero-order valence-corrected chi connectivity index (χ0v) is 13.5. The van der Waals surface area contributed by atoms with Gasteiger partial charge in [0.1, 0.15) is 11.9 Å². The van der Waals surface area contributed by atoms with Crippen LogP contribution in [0.2, 0.25) is 0 Å². The minimum absolute atomic E-state index is 0. The van der Waals surface area contributed by atoms with Crippen molar-refractivity contribution in [2.45, 2.75) is 31.8 Å². The van der Waals surface area contributed by atoms with E-state index in [0.29, 0.717) is 13.0 Å². The van der Waals surface area contributed by atoms with E-state index in [4.69, 9.17) is 0 Å². The number of nitrogens with one attached hydrogen (secondary N) is 4. The Bertz CT molecular complexity index is 457. The maximum Gasteiger partial charge on any atom is 0.238 e. The van der Waals surface area contributed by atoms with Crippen LogP contribution in [0.4, 0.5) is 4.39 Å². The van der Waals surface area contributed by atoms with Gasteiger partial charge in [-0.2, -0.15) is 0 Å². The van der Waals surface area contributed by atoms with E-state index in [9.17, 15) is 9.18 Å². The first-order valence-electron chi connectivity index (χ1n) is 7.45. The summed E-state index contributed by atoms with van der Waals surface area (Å²) < 4.78 is 12.9. The van der Waals surface area contributed by atoms with E-state index in [1.165, 1.54) is 12.1 Å². The van der Waals surface area contributed by atoms with Crippen molar-refractivity contribution in [3.63, 3.8) is 0 Å². The first-order valence-corrected chi connectivity index (χ1v) is 7.45. The molecule has 1 saturated heterocycles. The number of rotatable bonds is 7. The fourth-order valence-corrected chi connectivity index (χ4v) is 2.34. The van der Waals surface area contributed by atoms with Crippen LogP contribution in [0.15, 0.2) is 24.3 Å². The van der Waals surface area contributed by atoms with Crippen LogP contribution in [0.3, 0.4) is 0 Å². The fourth-order valence-electron chi connectivity index (χ4n) is 2.34. The normalized spacial score (nSPS) is 20.5. The third-order valence-electron chi connectivity index (χ3n) is 3.52. The summed E-state index contributed by atoms with van der Waals surface area (Å²) in [5.74, 6) is -0.260. The first kappa shape index (κ1) is 18.8. The Labute approximate surface area is 136 Å². The Morgan fingerprint density at radius 3 is 2.64 bits per heavy atom. The molecule has 0 aromatic heterocycles. The predicted molar refractivity (Wildman–Crippen MR) is 87.2 cm³/mol. The molecule has 1 heterocycles. The third-order valence-corrected chi connectivity index (χ3v) is 3.52. The van der Waals surface area contributed by atoms with Crippen LogP contribution in [0.1, 0.15) is 31.4 Å². The summed E-state index contributed by atoms with van der Waals surface area (Å²) in [7, 11) is 0. The molecule has 1 aromatic rings. The van der Waals surface area contributed by atoms with E-state index >= 15 is 0 Å². The van der Waals surface area contributed by atoms with Crippen molar-refractivity contribution in [1.82, 2.24) is 21.5 Å². The molecule has 2 unspecified atom stereocenters. The molecule has 0 saturated carbocycles. The van der Waals surface area contributed by atoms with Crippen molar-refractivity contribution in [3.8, 4) is 0 Å². The topological polar surface area (TPSA) is 65.2 Å². The van der Waals surface area contributed by atoms with Crippen LogP contribution < -0.4 is 21.5 Å². The minimum atomic E-state index is -0.258. The quantitative estimate of drug-likeness (QED) is 0.569. The van der Waals surface area contributed by atoms with Crippen LogP contribution >= 0.6 is 12.4 Å². The molecule has 0 aliphatic carbocycles. The van der Waals surface area contributed by atoms with Crippen LogP contribution in [-0.2, 0) is 4.79 Å². The second-order valence-electron chi connectivity index (χ2n) is 5.22. The molecule has 0 radical (unpaired) electrons. The maximum absolute atomic E-state index is 12.9. The molecular weight excluding hydrogens is 307 g/mol. The SMILES string of the molecule is CCCNCCNC(=O)C1CC(c2ccc(F)cc2)NN1.Cl. The van der Waals surface area contributed by atoms with Gasteiger partial charge in [0.05, 0.1) is 0 Å². The molecule has 1 amide bonds. The summed E-state index contributed by atoms with van der Waals surface area (Å²) in [6, 6.07) is 6.12. The average molecular weight is 331 g/mol. The number of amides is 1. The zero-order valence-electron chi connectivity index (χ0n) is 12.7. The van der Waals surface area contributed by atoms with Gasteiger partial charge in [-0.3, -0.25) is 4.79 Å². The molecule has 124 valence electrons. The predicted octanol–water partition coefficient (Wildman–Crippen LogP) is 1.27. The number of carbonyl (C=O) groups excluding carboxylic acids is 1. The highest BCUT2D eigenvalue weighted by atomic mass is 35.5. The molecule has 1 fully saturated rings. The van der Waals surface area contributed by atoms with Crippen LogP contribution in [-0.4, -0.2) is 31.6 Å². The highest BCUT2D eigenvalue weighted by Crippen LogP contribution is 2.22. The number of hydrogen-bond donors (Lipinski definition) is 4. The number of hydrazine groups is 1. The molecule has 2 rings (SSSR count). The van der Waals surface area contributed by atoms with Gasteiger partial charge in [0.25, 0.3) is 0 Å². The summed E-state index contributed by atoms with van der Waals surface area (Å²) in [5, 5.41) is 6.14. The highest BCUT2D eigenvalue weighted by molar-refractivity contribution is 5.85. The monoisotopic (exact) mass is 330 g/mol. The Kier molecular flexibility index (Phi) is 8.34. The molecule has 22 heavy (non-hydrogen) atoms. The Morgan fingerprint density at radius 2 is 1.95 bits per heavy atom. The highest BCUT2D eigenvalue weighted by Gasteiger charge is 2.29. The van der Waals surface area contributed by atoms with Gasteiger partial charge >= 0.3 is 0 Å². The Hall–Kier alpha value is -1.21. The van der Waals surface area contributed by atoms with Crippen molar-refractivity contribution in [2.24, 2.45) is 0 Å². The van der Waals surface area contributed by atoms with E-state index in [2.05, 4.69) is 28.4 Å². The van der Waals surface area contributed by atoms with Gasteiger partial charge in [-0.1, -0.05) is 19.1 Å². The summed E-state index contributed by atoms with van der Waals surface area (Å²) >= 11 is 0. The summed E-state index contributed by atoms with van der Waals surface area (Å²) in [6.45, 7) is 4.47. The van der Waals surface area contributed by atoms with Crippen molar-refractivity contribution in [1.29, 1.82) is 0 Å². The van der Waals surface area contributed by atoms with Crippen molar-refractivity contribution in [2.75, 3.05) is 19.6 Å². The number of benzene rings is 1. The second-order valence-corrected chi connectivity index (χ2v) is 5.22. The van der Waals surface area contributed by atoms with Crippen molar-refractivity contribution in [3.05, 3.63) is 35.6 Å². The van der Waals surface area contributed by atoms with Crippen molar-refractivity contribution < 1.29 is 9.18 Å². The molecule has 7 heteroatoms. The summed E-state index contributed by atoms with van der Waals surface area (Å²) in [4.78, 5) is 12.0. The molecule has 2 atom stereocenters. The van der Waals surface area contributed by atoms with E-state index < -0.39 is 0 Å². The average Bonchev–Trinajstić information content (AvgIpc) is 2.97. The van der Waals surface area contributed by atoms with Gasteiger partial charge in [-0.15, -0.1) is 12.4 Å². The molecule has 1 aromatic carbocycles. The van der Waals surface area contributed by atoms with Gasteiger partial charge in [0, 0.05) is 19.1 Å². The van der Waals surface area contributed by atoms with E-state index in [-0.39, 0.29) is 36.2 Å². The largest absolute Gasteiger partial charge is 0.353 e. The number of carbonyl (C=O) groups is 1. The van der Waals surface area contributed by atoms with E-state index in [1.54, 1.807) is 12.1 Å². The van der Waals surface area contributed by atoms with Crippen LogP contribution in [0.5, 0.6) is 0 Å². The fraction of sp³-hybridized carbons (Fsp3) is 0.533. The lowest BCUT2D eigenvalue weighted by molar-refractivity contribution is -0.122. The van der Waals surface area contributed by atoms with Gasteiger partial charge in [-0.05, 0) is 37.1 Å². The van der Waals surface area contributed by atoms with Gasteiger partial charge in [0.15, 0.2) is 0 Å². The third kappa shape index (κ3) is 5.53. The smallest absolute Gasteiger partial charge is 0.238 e. The first-order chi connectivity index (χ1) is 10.2. The summed E-state index contributed by atoms with van der Waals surface area (Å²) in [6.07, 6.45) is 1.74.